The second-order valence-electron chi connectivity index (χ2n) is 4.23. The van der Waals surface area contributed by atoms with Crippen LogP contribution in [-0.2, 0) is 13.1 Å². The Balaban J connectivity index is 1.74. The summed E-state index contributed by atoms with van der Waals surface area (Å²) >= 11 is 0. The lowest BCUT2D eigenvalue weighted by molar-refractivity contribution is 0.318. The molecule has 4 N–H and O–H groups in total. The molecule has 0 aliphatic rings. The first kappa shape index (κ1) is 13.9. The first-order valence-corrected chi connectivity index (χ1v) is 6.27. The third-order valence-electron chi connectivity index (χ3n) is 2.74. The van der Waals surface area contributed by atoms with Gasteiger partial charge in [0.2, 0.25) is 0 Å². The van der Waals surface area contributed by atoms with Crippen LogP contribution in [0, 0.1) is 0 Å². The van der Waals surface area contributed by atoms with Gasteiger partial charge in [0.15, 0.2) is 5.84 Å². The molecule has 0 atom stereocenters. The zero-order valence-electron chi connectivity index (χ0n) is 11.0. The summed E-state index contributed by atoms with van der Waals surface area (Å²) in [6.07, 6.45) is 6.10. The van der Waals surface area contributed by atoms with Gasteiger partial charge in [0.1, 0.15) is 5.69 Å². The topological polar surface area (TPSA) is 114 Å². The monoisotopic (exact) mass is 275 g/mol. The maximum absolute atomic E-state index is 8.61. The van der Waals surface area contributed by atoms with Gasteiger partial charge in [0.05, 0.1) is 6.20 Å². The number of hydrogen-bond donors (Lipinski definition) is 3. The molecule has 2 aromatic rings. The van der Waals surface area contributed by atoms with Gasteiger partial charge in [-0.25, -0.2) is 0 Å². The summed E-state index contributed by atoms with van der Waals surface area (Å²) in [4.78, 5) is 4.03. The average Bonchev–Trinajstić information content (AvgIpc) is 2.99. The summed E-state index contributed by atoms with van der Waals surface area (Å²) in [6.45, 7) is 2.39. The number of rotatable bonds is 7. The average molecular weight is 275 g/mol. The molecule has 0 saturated heterocycles. The summed E-state index contributed by atoms with van der Waals surface area (Å²) in [5.41, 5.74) is 6.99. The van der Waals surface area contributed by atoms with E-state index < -0.39 is 0 Å². The lowest BCUT2D eigenvalue weighted by Gasteiger charge is -2.06. The van der Waals surface area contributed by atoms with Crippen LogP contribution in [0.4, 0.5) is 0 Å². The Morgan fingerprint density at radius 1 is 1.45 bits per heavy atom. The molecule has 2 rings (SSSR count). The minimum Gasteiger partial charge on any atom is -0.409 e. The van der Waals surface area contributed by atoms with Crippen LogP contribution in [0.1, 0.15) is 17.7 Å². The van der Waals surface area contributed by atoms with Crippen LogP contribution in [0.3, 0.4) is 0 Å². The van der Waals surface area contributed by atoms with Crippen molar-refractivity contribution in [1.29, 1.82) is 0 Å². The van der Waals surface area contributed by atoms with Gasteiger partial charge in [0, 0.05) is 25.5 Å². The van der Waals surface area contributed by atoms with Crippen LogP contribution in [0.2, 0.25) is 0 Å². The number of nitrogens with two attached hydrogens (primary N) is 1. The van der Waals surface area contributed by atoms with Gasteiger partial charge in [-0.1, -0.05) is 10.4 Å². The van der Waals surface area contributed by atoms with Crippen molar-refractivity contribution < 1.29 is 5.21 Å². The molecule has 2 heterocycles. The Labute approximate surface area is 116 Å². The van der Waals surface area contributed by atoms with Gasteiger partial charge in [-0.3, -0.25) is 9.67 Å². The Bertz CT molecular complexity index is 553. The van der Waals surface area contributed by atoms with Gasteiger partial charge in [-0.15, -0.1) is 5.10 Å². The van der Waals surface area contributed by atoms with Crippen LogP contribution in [-0.4, -0.2) is 37.6 Å². The Kier molecular flexibility index (Phi) is 5.01. The molecule has 0 fully saturated rings. The number of pyridine rings is 1. The predicted molar refractivity (Wildman–Crippen MR) is 73.1 cm³/mol. The van der Waals surface area contributed by atoms with E-state index in [0.29, 0.717) is 12.2 Å². The quantitative estimate of drug-likeness (QED) is 0.214. The van der Waals surface area contributed by atoms with Crippen molar-refractivity contribution in [2.45, 2.75) is 19.5 Å². The Hall–Kier alpha value is -2.48. The zero-order valence-corrected chi connectivity index (χ0v) is 11.0. The molecule has 20 heavy (non-hydrogen) atoms. The Morgan fingerprint density at radius 3 is 3.10 bits per heavy atom. The normalized spacial score (nSPS) is 11.7. The van der Waals surface area contributed by atoms with E-state index in [0.717, 1.165) is 25.1 Å². The molecule has 8 nitrogen and oxygen atoms in total. The second kappa shape index (κ2) is 7.19. The van der Waals surface area contributed by atoms with Crippen molar-refractivity contribution in [2.75, 3.05) is 6.54 Å². The fourth-order valence-electron chi connectivity index (χ4n) is 1.73. The number of nitrogens with one attached hydrogen (secondary N) is 1. The van der Waals surface area contributed by atoms with Crippen LogP contribution in [0.15, 0.2) is 35.9 Å². The van der Waals surface area contributed by atoms with Crippen molar-refractivity contribution in [1.82, 2.24) is 25.3 Å². The summed E-state index contributed by atoms with van der Waals surface area (Å²) < 4.78 is 1.80. The van der Waals surface area contributed by atoms with Crippen LogP contribution in [0.5, 0.6) is 0 Å². The molecule has 106 valence electrons. The lowest BCUT2D eigenvalue weighted by Crippen LogP contribution is -2.18. The predicted octanol–water partition coefficient (Wildman–Crippen LogP) is -0.0525. The van der Waals surface area contributed by atoms with Gasteiger partial charge in [-0.2, -0.15) is 0 Å². The molecule has 0 bridgehead atoms. The molecule has 0 saturated carbocycles. The summed E-state index contributed by atoms with van der Waals surface area (Å²) in [5.74, 6) is 0.0121. The standard InChI is InChI=1S/C12H17N7O/c13-12(17-20)11-8-10(2-4-15-11)9-14-3-1-6-19-7-5-16-18-19/h2,4-5,7-8,14,20H,1,3,6,9H2,(H2,13,17). The van der Waals surface area contributed by atoms with E-state index in [-0.39, 0.29) is 5.84 Å². The van der Waals surface area contributed by atoms with Crippen LogP contribution in [0.25, 0.3) is 0 Å². The highest BCUT2D eigenvalue weighted by Gasteiger charge is 2.02. The van der Waals surface area contributed by atoms with Crippen molar-refractivity contribution >= 4 is 5.84 Å². The number of hydrogen-bond acceptors (Lipinski definition) is 6. The second-order valence-corrected chi connectivity index (χ2v) is 4.23. The highest BCUT2D eigenvalue weighted by atomic mass is 16.4. The van der Waals surface area contributed by atoms with E-state index in [2.05, 4.69) is 25.8 Å². The van der Waals surface area contributed by atoms with E-state index >= 15 is 0 Å². The minimum atomic E-state index is 0.0121. The molecule has 0 radical (unpaired) electrons. The van der Waals surface area contributed by atoms with Gasteiger partial charge < -0.3 is 16.3 Å². The molecule has 0 amide bonds. The SMILES string of the molecule is N/C(=N/O)c1cc(CNCCCn2ccnn2)ccn1. The number of nitrogens with zero attached hydrogens (tertiary/aromatic N) is 5. The lowest BCUT2D eigenvalue weighted by atomic mass is 10.2. The molecular weight excluding hydrogens is 258 g/mol. The number of aryl methyl sites for hydroxylation is 1. The minimum absolute atomic E-state index is 0.0121. The molecule has 0 aliphatic heterocycles. The van der Waals surface area contributed by atoms with Crippen LogP contribution >= 0.6 is 0 Å². The van der Waals surface area contributed by atoms with Gasteiger partial charge >= 0.3 is 0 Å². The summed E-state index contributed by atoms with van der Waals surface area (Å²) in [5, 5.41) is 22.5. The first-order chi connectivity index (χ1) is 9.79. The Morgan fingerprint density at radius 2 is 2.35 bits per heavy atom. The third-order valence-corrected chi connectivity index (χ3v) is 2.74. The molecular formula is C12H17N7O. The summed E-state index contributed by atoms with van der Waals surface area (Å²) in [7, 11) is 0. The molecule has 0 spiro atoms. The van der Waals surface area contributed by atoms with Gasteiger partial charge in [-0.05, 0) is 30.7 Å². The number of aromatic nitrogens is 4. The highest BCUT2D eigenvalue weighted by molar-refractivity contribution is 5.95. The van der Waals surface area contributed by atoms with Crippen molar-refractivity contribution in [3.05, 3.63) is 42.0 Å². The number of oxime groups is 1. The molecule has 0 unspecified atom stereocenters. The van der Waals surface area contributed by atoms with Crippen molar-refractivity contribution in [3.8, 4) is 0 Å². The molecule has 0 aliphatic carbocycles. The third kappa shape index (κ3) is 4.02. The number of amidine groups is 1. The fraction of sp³-hybridized carbons (Fsp3) is 0.333. The van der Waals surface area contributed by atoms with E-state index in [1.807, 2.05) is 12.3 Å². The van der Waals surface area contributed by atoms with E-state index in [4.69, 9.17) is 10.9 Å². The highest BCUT2D eigenvalue weighted by Crippen LogP contribution is 2.01. The van der Waals surface area contributed by atoms with E-state index in [1.54, 1.807) is 23.1 Å². The fourth-order valence-corrected chi connectivity index (χ4v) is 1.73. The first-order valence-electron chi connectivity index (χ1n) is 6.27. The maximum atomic E-state index is 8.61. The summed E-state index contributed by atoms with van der Waals surface area (Å²) in [6, 6.07) is 3.68. The molecule has 2 aromatic heterocycles. The smallest absolute Gasteiger partial charge is 0.188 e. The van der Waals surface area contributed by atoms with E-state index in [1.165, 1.54) is 0 Å². The van der Waals surface area contributed by atoms with Gasteiger partial charge in [0.25, 0.3) is 0 Å². The molecule has 0 aromatic carbocycles. The van der Waals surface area contributed by atoms with Crippen LogP contribution < -0.4 is 11.1 Å². The molecule has 8 heteroatoms. The maximum Gasteiger partial charge on any atom is 0.188 e. The van der Waals surface area contributed by atoms with E-state index in [9.17, 15) is 0 Å². The zero-order chi connectivity index (χ0) is 14.2. The van der Waals surface area contributed by atoms with Crippen molar-refractivity contribution in [2.24, 2.45) is 10.9 Å². The largest absolute Gasteiger partial charge is 0.409 e. The van der Waals surface area contributed by atoms with Crippen molar-refractivity contribution in [3.63, 3.8) is 0 Å².